The van der Waals surface area contributed by atoms with Crippen LogP contribution in [0.25, 0.3) is 10.2 Å². The van der Waals surface area contributed by atoms with Crippen molar-refractivity contribution in [3.8, 4) is 0 Å². The molecule has 1 aliphatic heterocycles. The third-order valence-electron chi connectivity index (χ3n) is 19.5. The summed E-state index contributed by atoms with van der Waals surface area (Å²) >= 11 is 1.34. The molecule has 4 rings (SSSR count). The first-order valence-corrected chi connectivity index (χ1v) is 37.4. The molecule has 6 nitrogen and oxygen atoms in total. The second kappa shape index (κ2) is 49.2. The molecule has 0 atom stereocenters. The van der Waals surface area contributed by atoms with Gasteiger partial charge in [0.05, 0.1) is 15.6 Å². The number of hydrogen-bond acceptors (Lipinski definition) is 5. The molecule has 1 aromatic carbocycles. The number of nitrogens with zero attached hydrogens (tertiary/aromatic N) is 3. The normalized spacial score (nSPS) is 21.4. The third kappa shape index (κ3) is 34.1. The van der Waals surface area contributed by atoms with Crippen LogP contribution in [0.4, 0.5) is 0 Å². The van der Waals surface area contributed by atoms with Gasteiger partial charge in [0.2, 0.25) is 11.8 Å². The van der Waals surface area contributed by atoms with Crippen LogP contribution in [0.15, 0.2) is 23.0 Å². The van der Waals surface area contributed by atoms with Crippen LogP contribution in [-0.4, -0.2) is 52.4 Å². The molecule has 1 saturated carbocycles. The Morgan fingerprint density at radius 2 is 0.741 bits per heavy atom. The molecule has 0 radical (unpaired) electrons. The van der Waals surface area contributed by atoms with Crippen LogP contribution in [0, 0.1) is 5.41 Å². The maximum absolute atomic E-state index is 14.4. The zero-order valence-corrected chi connectivity index (χ0v) is 54.9. The fourth-order valence-corrected chi connectivity index (χ4v) is 15.0. The Bertz CT molecular complexity index is 1800. The zero-order valence-electron chi connectivity index (χ0n) is 54.0. The number of benzene rings is 1. The Morgan fingerprint density at radius 1 is 0.420 bits per heavy atom. The van der Waals surface area contributed by atoms with Crippen LogP contribution in [0.1, 0.15) is 378 Å². The molecule has 81 heavy (non-hydrogen) atoms. The van der Waals surface area contributed by atoms with Crippen molar-refractivity contribution < 1.29 is 9.59 Å². The molecule has 0 bridgehead atoms. The highest BCUT2D eigenvalue weighted by Gasteiger charge is 2.50. The highest BCUT2D eigenvalue weighted by Crippen LogP contribution is 2.43. The summed E-state index contributed by atoms with van der Waals surface area (Å²) in [6, 6.07) is 6.49. The molecule has 2 heterocycles. The summed E-state index contributed by atoms with van der Waals surface area (Å²) < 4.78 is 2.83. The van der Waals surface area contributed by atoms with Crippen molar-refractivity contribution in [2.24, 2.45) is 12.5 Å². The van der Waals surface area contributed by atoms with E-state index < -0.39 is 5.41 Å². The van der Waals surface area contributed by atoms with E-state index in [4.69, 9.17) is 0 Å². The van der Waals surface area contributed by atoms with E-state index in [2.05, 4.69) is 30.0 Å². The molecule has 0 unspecified atom stereocenters. The molecule has 0 N–H and O–H groups in total. The van der Waals surface area contributed by atoms with Gasteiger partial charge in [-0.3, -0.25) is 19.3 Å². The number of carbonyl (C=O) groups excluding carboxylic acids is 2. The van der Waals surface area contributed by atoms with Crippen LogP contribution < -0.4 is 4.87 Å². The Hall–Kier alpha value is -1.99. The molecule has 1 aliphatic carbocycles. The zero-order chi connectivity index (χ0) is 57.4. The summed E-state index contributed by atoms with van der Waals surface area (Å²) in [5.74, 6) is 0.277. The van der Waals surface area contributed by atoms with E-state index in [0.717, 1.165) is 94.1 Å². The largest absolute Gasteiger partial charge is 0.307 e. The first-order valence-electron chi connectivity index (χ1n) is 36.6. The van der Waals surface area contributed by atoms with E-state index in [1.807, 2.05) is 7.05 Å². The van der Waals surface area contributed by atoms with Gasteiger partial charge in [-0.05, 0) is 88.7 Å². The lowest BCUT2D eigenvalue weighted by molar-refractivity contribution is -0.142. The van der Waals surface area contributed by atoms with Crippen molar-refractivity contribution in [1.82, 2.24) is 14.4 Å². The average Bonchev–Trinajstić information content (AvgIpc) is 4.08. The van der Waals surface area contributed by atoms with Gasteiger partial charge in [0.15, 0.2) is 0 Å². The maximum Gasteiger partial charge on any atom is 0.307 e. The van der Waals surface area contributed by atoms with Crippen LogP contribution in [0.2, 0.25) is 0 Å². The van der Waals surface area contributed by atoms with E-state index in [0.29, 0.717) is 13.0 Å². The summed E-state index contributed by atoms with van der Waals surface area (Å²) in [5, 5.41) is 0. The molecule has 7 heteroatoms. The van der Waals surface area contributed by atoms with Crippen molar-refractivity contribution in [3.05, 3.63) is 33.4 Å². The van der Waals surface area contributed by atoms with Gasteiger partial charge in [-0.25, -0.2) is 0 Å². The molecule has 468 valence electrons. The average molecular weight is 1140 g/mol. The molecular weight excluding hydrogens is 1010 g/mol. The molecule has 2 amide bonds. The molecule has 2 aliphatic rings. The number of likely N-dealkylation sites (tertiary alicyclic amines) is 1. The van der Waals surface area contributed by atoms with Gasteiger partial charge in [0.25, 0.3) is 0 Å². The van der Waals surface area contributed by atoms with Crippen molar-refractivity contribution in [2.45, 2.75) is 379 Å². The standard InChI is InChI=1S/C74H133N3O3S/c1-3-62-76(63-54-51-57-68-58-59-69-70(66-68)81-73(80)75(69)2)64-55-56-65-77-71(78)67-74(72(77)79)60-52-49-47-45-43-41-39-37-35-33-31-29-27-25-23-21-19-17-15-13-11-9-7-5-4-6-8-10-12-14-16-18-20-22-24-26-28-30-32-34-36-38-40-42-44-46-48-50-53-61-74/h58-59,66H,3-57,60-65,67H2,1-2H3. The summed E-state index contributed by atoms with van der Waals surface area (Å²) in [4.78, 5) is 44.8. The van der Waals surface area contributed by atoms with Gasteiger partial charge in [-0.15, -0.1) is 0 Å². The van der Waals surface area contributed by atoms with Gasteiger partial charge in [0, 0.05) is 20.0 Å². The van der Waals surface area contributed by atoms with Gasteiger partial charge >= 0.3 is 4.87 Å². The number of carbonyl (C=O) groups is 2. The Morgan fingerprint density at radius 3 is 1.07 bits per heavy atom. The number of imide groups is 1. The van der Waals surface area contributed by atoms with Crippen molar-refractivity contribution >= 4 is 33.4 Å². The topological polar surface area (TPSA) is 62.6 Å². The second-order valence-electron chi connectivity index (χ2n) is 26.9. The Balaban J connectivity index is 1.12. The summed E-state index contributed by atoms with van der Waals surface area (Å²) in [6.07, 6.45) is 77.6. The summed E-state index contributed by atoms with van der Waals surface area (Å²) in [7, 11) is 1.86. The number of rotatable bonds is 12. The first kappa shape index (κ1) is 71.5. The highest BCUT2D eigenvalue weighted by molar-refractivity contribution is 7.16. The van der Waals surface area contributed by atoms with Gasteiger partial charge in [-0.2, -0.15) is 0 Å². The predicted octanol–water partition coefficient (Wildman–Crippen LogP) is 23.1. The number of amides is 2. The van der Waals surface area contributed by atoms with E-state index >= 15 is 0 Å². The lowest BCUT2D eigenvalue weighted by Gasteiger charge is -2.27. The van der Waals surface area contributed by atoms with E-state index in [9.17, 15) is 14.4 Å². The molecule has 1 aromatic heterocycles. The van der Waals surface area contributed by atoms with Gasteiger partial charge in [-0.1, -0.05) is 339 Å². The lowest BCUT2D eigenvalue weighted by Crippen LogP contribution is -2.37. The van der Waals surface area contributed by atoms with E-state index in [-0.39, 0.29) is 16.7 Å². The number of hydrogen-bond donors (Lipinski definition) is 0. The van der Waals surface area contributed by atoms with E-state index in [1.54, 1.807) is 9.47 Å². The molecular formula is C74H133N3O3S. The lowest BCUT2D eigenvalue weighted by atomic mass is 9.76. The maximum atomic E-state index is 14.4. The molecule has 1 spiro atoms. The highest BCUT2D eigenvalue weighted by atomic mass is 32.1. The monoisotopic (exact) mass is 1140 g/mol. The Labute approximate surface area is 506 Å². The summed E-state index contributed by atoms with van der Waals surface area (Å²) in [5.41, 5.74) is 1.88. The van der Waals surface area contributed by atoms with Crippen molar-refractivity contribution in [3.63, 3.8) is 0 Å². The summed E-state index contributed by atoms with van der Waals surface area (Å²) in [6.45, 7) is 6.06. The fourth-order valence-electron chi connectivity index (χ4n) is 14.1. The van der Waals surface area contributed by atoms with Gasteiger partial charge in [0.1, 0.15) is 0 Å². The minimum absolute atomic E-state index is 0.103. The Kier molecular flexibility index (Phi) is 43.4. The van der Waals surface area contributed by atoms with Crippen molar-refractivity contribution in [2.75, 3.05) is 26.2 Å². The van der Waals surface area contributed by atoms with Crippen LogP contribution in [-0.2, 0) is 23.1 Å². The number of thiazole rings is 1. The number of aromatic nitrogens is 1. The molecule has 2 aromatic rings. The number of fused-ring (bicyclic) bond motifs is 1. The fraction of sp³-hybridized carbons (Fsp3) is 0.878. The van der Waals surface area contributed by atoms with Crippen molar-refractivity contribution in [1.29, 1.82) is 0 Å². The third-order valence-corrected chi connectivity index (χ3v) is 20.5. The van der Waals surface area contributed by atoms with E-state index in [1.165, 1.54) is 319 Å². The second-order valence-corrected chi connectivity index (χ2v) is 27.9. The van der Waals surface area contributed by atoms with Crippen LogP contribution in [0.3, 0.4) is 0 Å². The minimum atomic E-state index is -0.462. The quantitative estimate of drug-likeness (QED) is 0.157. The predicted molar refractivity (Wildman–Crippen MR) is 355 cm³/mol. The number of unbranched alkanes of at least 4 members (excludes halogenated alkanes) is 2. The smallest absolute Gasteiger partial charge is 0.303 e. The van der Waals surface area contributed by atoms with Crippen LogP contribution in [0.5, 0.6) is 0 Å². The molecule has 2 fully saturated rings. The molecule has 1 saturated heterocycles. The van der Waals surface area contributed by atoms with Crippen LogP contribution >= 0.6 is 11.3 Å². The number of aryl methyl sites for hydroxylation is 2. The van der Waals surface area contributed by atoms with Gasteiger partial charge < -0.3 is 9.47 Å². The minimum Gasteiger partial charge on any atom is -0.303 e. The first-order chi connectivity index (χ1) is 39.9. The SMILES string of the molecule is CCCN(CCCCc1ccc2c(c1)sc(=O)n2C)CCCCN1C(=O)CC2(CCCCCCCCCCCCCCCCCCCCCCCCCCCCCCCCCCCCCCCCCCCCCCCCCCC2)C1=O.